The fraction of sp³-hybridized carbons (Fsp3) is 0.167. The van der Waals surface area contributed by atoms with E-state index >= 15 is 0 Å². The number of nitrogens with zero attached hydrogens (tertiary/aromatic N) is 2. The molecule has 1 N–H and O–H groups in total. The molecule has 0 aliphatic heterocycles. The number of aromatic nitrogens is 2. The molecule has 0 spiro atoms. The van der Waals surface area contributed by atoms with Crippen molar-refractivity contribution >= 4 is 39.3 Å². The molecule has 1 aromatic carbocycles. The molecule has 1 aromatic heterocycles. The standard InChI is InChI=1S/C12H11BrClN3O/c1-7-5-11(17(2)16-7)15-12(18)8-3-4-10(14)9(13)6-8/h3-6H,1-2H3,(H,15,18). The highest BCUT2D eigenvalue weighted by Crippen LogP contribution is 2.23. The molecule has 2 aromatic rings. The molecule has 0 radical (unpaired) electrons. The summed E-state index contributed by atoms with van der Waals surface area (Å²) in [6, 6.07) is 6.84. The number of rotatable bonds is 2. The number of nitrogens with one attached hydrogen (secondary N) is 1. The molecule has 0 aliphatic rings. The Kier molecular flexibility index (Phi) is 3.73. The van der Waals surface area contributed by atoms with Crippen LogP contribution in [0, 0.1) is 6.92 Å². The van der Waals surface area contributed by atoms with Gasteiger partial charge in [0, 0.05) is 23.2 Å². The van der Waals surface area contributed by atoms with Crippen molar-refractivity contribution in [3.8, 4) is 0 Å². The van der Waals surface area contributed by atoms with E-state index in [1.165, 1.54) is 0 Å². The van der Waals surface area contributed by atoms with Crippen LogP contribution in [-0.2, 0) is 7.05 Å². The van der Waals surface area contributed by atoms with Crippen molar-refractivity contribution in [3.05, 3.63) is 45.0 Å². The van der Waals surface area contributed by atoms with Crippen molar-refractivity contribution < 1.29 is 4.79 Å². The predicted molar refractivity (Wildman–Crippen MR) is 75.1 cm³/mol. The summed E-state index contributed by atoms with van der Waals surface area (Å²) in [5, 5.41) is 7.52. The molecule has 0 saturated carbocycles. The highest BCUT2D eigenvalue weighted by Gasteiger charge is 2.10. The normalized spacial score (nSPS) is 10.4. The van der Waals surface area contributed by atoms with E-state index in [9.17, 15) is 4.79 Å². The summed E-state index contributed by atoms with van der Waals surface area (Å²) in [5.74, 6) is 0.457. The van der Waals surface area contributed by atoms with Gasteiger partial charge in [-0.3, -0.25) is 9.48 Å². The van der Waals surface area contributed by atoms with Crippen LogP contribution in [0.3, 0.4) is 0 Å². The van der Waals surface area contributed by atoms with Crippen molar-refractivity contribution in [2.45, 2.75) is 6.92 Å². The van der Waals surface area contributed by atoms with Crippen molar-refractivity contribution in [3.63, 3.8) is 0 Å². The molecular formula is C12H11BrClN3O. The quantitative estimate of drug-likeness (QED) is 0.918. The van der Waals surface area contributed by atoms with Gasteiger partial charge in [0.05, 0.1) is 10.7 Å². The average Bonchev–Trinajstić information content (AvgIpc) is 2.61. The third kappa shape index (κ3) is 2.73. The fourth-order valence-corrected chi connectivity index (χ4v) is 2.05. The zero-order valence-corrected chi connectivity index (χ0v) is 12.2. The second kappa shape index (κ2) is 5.12. The van der Waals surface area contributed by atoms with Gasteiger partial charge >= 0.3 is 0 Å². The highest BCUT2D eigenvalue weighted by atomic mass is 79.9. The summed E-state index contributed by atoms with van der Waals surface area (Å²) in [6.07, 6.45) is 0. The van der Waals surface area contributed by atoms with E-state index in [-0.39, 0.29) is 5.91 Å². The molecule has 1 heterocycles. The van der Waals surface area contributed by atoms with Gasteiger partial charge in [-0.05, 0) is 41.1 Å². The van der Waals surface area contributed by atoms with Gasteiger partial charge in [0.15, 0.2) is 0 Å². The first-order valence-electron chi connectivity index (χ1n) is 5.24. The Bertz CT molecular complexity index is 609. The zero-order valence-electron chi connectivity index (χ0n) is 9.87. The Morgan fingerprint density at radius 1 is 1.44 bits per heavy atom. The van der Waals surface area contributed by atoms with Crippen LogP contribution in [0.15, 0.2) is 28.7 Å². The van der Waals surface area contributed by atoms with Crippen LogP contribution >= 0.6 is 27.5 Å². The minimum atomic E-state index is -0.199. The third-order valence-electron chi connectivity index (χ3n) is 2.43. The van der Waals surface area contributed by atoms with E-state index in [1.54, 1.807) is 29.9 Å². The molecule has 1 amide bonds. The second-order valence-electron chi connectivity index (χ2n) is 3.88. The molecule has 0 bridgehead atoms. The van der Waals surface area contributed by atoms with Crippen LogP contribution in [0.2, 0.25) is 5.02 Å². The number of aryl methyl sites for hydroxylation is 2. The summed E-state index contributed by atoms with van der Waals surface area (Å²) < 4.78 is 2.32. The largest absolute Gasteiger partial charge is 0.307 e. The van der Waals surface area contributed by atoms with E-state index in [1.807, 2.05) is 13.0 Å². The molecule has 2 rings (SSSR count). The van der Waals surface area contributed by atoms with E-state index in [0.29, 0.717) is 20.9 Å². The van der Waals surface area contributed by atoms with Gasteiger partial charge in [-0.2, -0.15) is 5.10 Å². The number of anilines is 1. The van der Waals surface area contributed by atoms with Crippen LogP contribution in [0.5, 0.6) is 0 Å². The topological polar surface area (TPSA) is 46.9 Å². The number of hydrogen-bond donors (Lipinski definition) is 1. The minimum absolute atomic E-state index is 0.199. The molecule has 0 saturated heterocycles. The van der Waals surface area contributed by atoms with Gasteiger partial charge in [-0.1, -0.05) is 11.6 Å². The number of halogens is 2. The Morgan fingerprint density at radius 3 is 2.72 bits per heavy atom. The van der Waals surface area contributed by atoms with Crippen molar-refractivity contribution in [1.82, 2.24) is 9.78 Å². The number of benzene rings is 1. The van der Waals surface area contributed by atoms with Crippen LogP contribution in [0.25, 0.3) is 0 Å². The first-order chi connectivity index (χ1) is 8.47. The summed E-state index contributed by atoms with van der Waals surface area (Å²) in [7, 11) is 1.78. The number of carbonyl (C=O) groups is 1. The molecule has 6 heteroatoms. The lowest BCUT2D eigenvalue weighted by Gasteiger charge is -2.06. The van der Waals surface area contributed by atoms with Gasteiger partial charge in [0.25, 0.3) is 5.91 Å². The lowest BCUT2D eigenvalue weighted by molar-refractivity contribution is 0.102. The zero-order chi connectivity index (χ0) is 13.3. The molecule has 0 atom stereocenters. The molecule has 94 valence electrons. The van der Waals surface area contributed by atoms with Crippen LogP contribution in [0.4, 0.5) is 5.82 Å². The van der Waals surface area contributed by atoms with Crippen LogP contribution < -0.4 is 5.32 Å². The van der Waals surface area contributed by atoms with Crippen molar-refractivity contribution in [2.75, 3.05) is 5.32 Å². The molecule has 0 aliphatic carbocycles. The first-order valence-corrected chi connectivity index (χ1v) is 6.41. The van der Waals surface area contributed by atoms with Gasteiger partial charge in [-0.15, -0.1) is 0 Å². The molecule has 18 heavy (non-hydrogen) atoms. The minimum Gasteiger partial charge on any atom is -0.307 e. The summed E-state index contributed by atoms with van der Waals surface area (Å²) >= 11 is 9.17. The Morgan fingerprint density at radius 2 is 2.17 bits per heavy atom. The summed E-state index contributed by atoms with van der Waals surface area (Å²) in [5.41, 5.74) is 1.38. The van der Waals surface area contributed by atoms with Crippen LogP contribution in [-0.4, -0.2) is 15.7 Å². The van der Waals surface area contributed by atoms with Gasteiger partial charge in [0.1, 0.15) is 5.82 Å². The van der Waals surface area contributed by atoms with Crippen molar-refractivity contribution in [2.24, 2.45) is 7.05 Å². The highest BCUT2D eigenvalue weighted by molar-refractivity contribution is 9.10. The average molecular weight is 329 g/mol. The van der Waals surface area contributed by atoms with E-state index < -0.39 is 0 Å². The predicted octanol–water partition coefficient (Wildman–Crippen LogP) is 3.40. The van der Waals surface area contributed by atoms with Gasteiger partial charge < -0.3 is 5.32 Å². The monoisotopic (exact) mass is 327 g/mol. The van der Waals surface area contributed by atoms with Crippen molar-refractivity contribution in [1.29, 1.82) is 0 Å². The Hall–Kier alpha value is -1.33. The third-order valence-corrected chi connectivity index (χ3v) is 3.64. The number of carbonyl (C=O) groups excluding carboxylic acids is 1. The Labute approximate surface area is 118 Å². The maximum atomic E-state index is 12.0. The lowest BCUT2D eigenvalue weighted by Crippen LogP contribution is -2.14. The number of hydrogen-bond acceptors (Lipinski definition) is 2. The van der Waals surface area contributed by atoms with E-state index in [4.69, 9.17) is 11.6 Å². The molecular weight excluding hydrogens is 318 g/mol. The SMILES string of the molecule is Cc1cc(NC(=O)c2ccc(Cl)c(Br)c2)n(C)n1. The number of amides is 1. The molecule has 4 nitrogen and oxygen atoms in total. The fourth-order valence-electron chi connectivity index (χ4n) is 1.55. The van der Waals surface area contributed by atoms with Gasteiger partial charge in [-0.25, -0.2) is 0 Å². The maximum Gasteiger partial charge on any atom is 0.256 e. The molecule has 0 fully saturated rings. The van der Waals surface area contributed by atoms with Crippen LogP contribution in [0.1, 0.15) is 16.1 Å². The van der Waals surface area contributed by atoms with Gasteiger partial charge in [0.2, 0.25) is 0 Å². The Balaban J connectivity index is 2.22. The van der Waals surface area contributed by atoms with E-state index in [2.05, 4.69) is 26.3 Å². The van der Waals surface area contributed by atoms with E-state index in [0.717, 1.165) is 5.69 Å². The second-order valence-corrected chi connectivity index (χ2v) is 5.14. The summed E-state index contributed by atoms with van der Waals surface area (Å²) in [4.78, 5) is 12.0. The summed E-state index contributed by atoms with van der Waals surface area (Å²) in [6.45, 7) is 1.87. The first kappa shape index (κ1) is 13.1. The molecule has 0 unspecified atom stereocenters. The maximum absolute atomic E-state index is 12.0. The lowest BCUT2D eigenvalue weighted by atomic mass is 10.2. The smallest absolute Gasteiger partial charge is 0.256 e.